The highest BCUT2D eigenvalue weighted by molar-refractivity contribution is 7.21. The van der Waals surface area contributed by atoms with Crippen LogP contribution in [0.15, 0.2) is 115 Å². The first-order valence-corrected chi connectivity index (χ1v) is 13.1. The van der Waals surface area contributed by atoms with Crippen molar-refractivity contribution in [3.63, 3.8) is 0 Å². The summed E-state index contributed by atoms with van der Waals surface area (Å²) in [4.78, 5) is 9.67. The molecule has 0 aliphatic carbocycles. The number of fused-ring (bicyclic) bond motifs is 1. The van der Waals surface area contributed by atoms with E-state index in [0.29, 0.717) is 0 Å². The highest BCUT2D eigenvalue weighted by atomic mass is 32.1. The molecule has 2 aromatic heterocycles. The lowest BCUT2D eigenvalue weighted by molar-refractivity contribution is 0.477. The summed E-state index contributed by atoms with van der Waals surface area (Å²) in [7, 11) is 0. The van der Waals surface area contributed by atoms with Gasteiger partial charge in [0.05, 0.1) is 21.5 Å². The second kappa shape index (κ2) is 9.30. The van der Waals surface area contributed by atoms with Crippen LogP contribution >= 0.6 is 11.3 Å². The molecule has 6 aromatic rings. The molecule has 0 fully saturated rings. The molecule has 3 nitrogen and oxygen atoms in total. The molecule has 0 saturated heterocycles. The Balaban J connectivity index is 1.41. The summed E-state index contributed by atoms with van der Waals surface area (Å²) in [5.74, 6) is 0.245. The average molecular weight is 499 g/mol. The Kier molecular flexibility index (Phi) is 5.82. The smallest absolute Gasteiger partial charge is 0.128 e. The van der Waals surface area contributed by atoms with Gasteiger partial charge in [0, 0.05) is 22.7 Å². The third-order valence-electron chi connectivity index (χ3n) is 7.00. The first-order chi connectivity index (χ1) is 18.0. The fraction of sp³-hybridized carbons (Fsp3) is 0.0909. The molecular weight excluding hydrogens is 472 g/mol. The Morgan fingerprint density at radius 1 is 0.676 bits per heavy atom. The molecule has 0 amide bonds. The van der Waals surface area contributed by atoms with Gasteiger partial charge in [0.2, 0.25) is 0 Å². The van der Waals surface area contributed by atoms with Crippen molar-refractivity contribution in [1.29, 1.82) is 0 Å². The van der Waals surface area contributed by atoms with Gasteiger partial charge in [0.25, 0.3) is 0 Å². The van der Waals surface area contributed by atoms with Gasteiger partial charge in [-0.05, 0) is 53.1 Å². The molecule has 2 heterocycles. The van der Waals surface area contributed by atoms with Crippen LogP contribution in [0.1, 0.15) is 25.0 Å². The van der Waals surface area contributed by atoms with Gasteiger partial charge in [0.15, 0.2) is 0 Å². The number of rotatable bonds is 5. The monoisotopic (exact) mass is 498 g/mol. The predicted octanol–water partition coefficient (Wildman–Crippen LogP) is 8.72. The zero-order valence-corrected chi connectivity index (χ0v) is 21.5. The molecule has 0 aliphatic rings. The number of hydrogen-bond donors (Lipinski definition) is 1. The van der Waals surface area contributed by atoms with Gasteiger partial charge < -0.3 is 5.11 Å². The third-order valence-corrected chi connectivity index (χ3v) is 8.05. The summed E-state index contributed by atoms with van der Waals surface area (Å²) in [6, 6.07) is 37.0. The molecule has 37 heavy (non-hydrogen) atoms. The van der Waals surface area contributed by atoms with Gasteiger partial charge in [0.1, 0.15) is 10.8 Å². The number of benzene rings is 4. The number of para-hydroxylation sites is 2. The fourth-order valence-electron chi connectivity index (χ4n) is 4.80. The van der Waals surface area contributed by atoms with E-state index in [1.54, 1.807) is 17.4 Å². The number of thiazole rings is 1. The maximum Gasteiger partial charge on any atom is 0.128 e. The fourth-order valence-corrected chi connectivity index (χ4v) is 5.82. The number of pyridine rings is 1. The van der Waals surface area contributed by atoms with Gasteiger partial charge in [-0.25, -0.2) is 4.98 Å². The van der Waals surface area contributed by atoms with Gasteiger partial charge in [-0.15, -0.1) is 11.3 Å². The van der Waals surface area contributed by atoms with Crippen molar-refractivity contribution in [2.24, 2.45) is 0 Å². The van der Waals surface area contributed by atoms with Crippen LogP contribution < -0.4 is 0 Å². The van der Waals surface area contributed by atoms with Crippen LogP contribution in [0.5, 0.6) is 5.75 Å². The standard InChI is InChI=1S/C33H26N2OS/c1-33(2,24-12-4-3-5-13-24)25-18-19-34-28(21-25)23-11-8-10-22(20-23)26-15-9-17-30-31(26)35-32(37-30)27-14-6-7-16-29(27)36/h3-21,36H,1-2H3. The quantitative estimate of drug-likeness (QED) is 0.258. The zero-order valence-electron chi connectivity index (χ0n) is 20.7. The van der Waals surface area contributed by atoms with E-state index in [0.717, 1.165) is 43.2 Å². The number of aromatic hydroxyl groups is 1. The highest BCUT2D eigenvalue weighted by Crippen LogP contribution is 2.39. The van der Waals surface area contributed by atoms with Crippen LogP contribution in [-0.2, 0) is 5.41 Å². The van der Waals surface area contributed by atoms with Crippen molar-refractivity contribution in [1.82, 2.24) is 9.97 Å². The van der Waals surface area contributed by atoms with Crippen LogP contribution in [0.2, 0.25) is 0 Å². The number of hydrogen-bond acceptors (Lipinski definition) is 4. The van der Waals surface area contributed by atoms with Crippen LogP contribution in [0.4, 0.5) is 0 Å². The lowest BCUT2D eigenvalue weighted by Gasteiger charge is -2.26. The Labute approximate surface area is 220 Å². The van der Waals surface area contributed by atoms with Crippen LogP contribution in [0, 0.1) is 0 Å². The summed E-state index contributed by atoms with van der Waals surface area (Å²) < 4.78 is 1.09. The van der Waals surface area contributed by atoms with Crippen molar-refractivity contribution < 1.29 is 5.11 Å². The SMILES string of the molecule is CC(C)(c1ccccc1)c1ccnc(-c2cccc(-c3cccc4sc(-c5ccccc5O)nc34)c2)c1. The minimum Gasteiger partial charge on any atom is -0.507 e. The number of phenols is 1. The van der Waals surface area contributed by atoms with E-state index >= 15 is 0 Å². The molecule has 0 spiro atoms. The minimum atomic E-state index is -0.137. The lowest BCUT2D eigenvalue weighted by atomic mass is 9.78. The topological polar surface area (TPSA) is 46.0 Å². The summed E-state index contributed by atoms with van der Waals surface area (Å²) in [5.41, 5.74) is 8.23. The molecule has 0 saturated carbocycles. The molecule has 4 aromatic carbocycles. The van der Waals surface area contributed by atoms with Gasteiger partial charge >= 0.3 is 0 Å². The minimum absolute atomic E-state index is 0.137. The number of nitrogens with zero attached hydrogens (tertiary/aromatic N) is 2. The maximum atomic E-state index is 10.3. The van der Waals surface area contributed by atoms with E-state index < -0.39 is 0 Å². The van der Waals surface area contributed by atoms with Crippen molar-refractivity contribution in [2.45, 2.75) is 19.3 Å². The normalized spacial score (nSPS) is 11.6. The predicted molar refractivity (Wildman–Crippen MR) is 154 cm³/mol. The molecule has 1 N–H and O–H groups in total. The second-order valence-electron chi connectivity index (χ2n) is 9.69. The van der Waals surface area contributed by atoms with Crippen molar-refractivity contribution >= 4 is 21.6 Å². The molecule has 0 radical (unpaired) electrons. The van der Waals surface area contributed by atoms with Crippen molar-refractivity contribution in [3.05, 3.63) is 127 Å². The van der Waals surface area contributed by atoms with E-state index in [4.69, 9.17) is 9.97 Å². The van der Waals surface area contributed by atoms with E-state index in [1.807, 2.05) is 24.4 Å². The molecule has 4 heteroatoms. The van der Waals surface area contributed by atoms with Crippen molar-refractivity contribution in [3.8, 4) is 38.7 Å². The van der Waals surface area contributed by atoms with E-state index in [9.17, 15) is 5.11 Å². The Morgan fingerprint density at radius 3 is 2.24 bits per heavy atom. The van der Waals surface area contributed by atoms with E-state index in [2.05, 4.69) is 98.8 Å². The highest BCUT2D eigenvalue weighted by Gasteiger charge is 2.23. The van der Waals surface area contributed by atoms with Gasteiger partial charge in [-0.2, -0.15) is 0 Å². The molecule has 0 aliphatic heterocycles. The number of aromatic nitrogens is 2. The first-order valence-electron chi connectivity index (χ1n) is 12.3. The van der Waals surface area contributed by atoms with Crippen LogP contribution in [0.3, 0.4) is 0 Å². The number of phenolic OH excluding ortho intramolecular Hbond substituents is 1. The molecule has 0 atom stereocenters. The third kappa shape index (κ3) is 4.30. The van der Waals surface area contributed by atoms with Crippen LogP contribution in [-0.4, -0.2) is 15.1 Å². The van der Waals surface area contributed by atoms with Crippen molar-refractivity contribution in [2.75, 3.05) is 0 Å². The molecule has 0 unspecified atom stereocenters. The Morgan fingerprint density at radius 2 is 1.41 bits per heavy atom. The first kappa shape index (κ1) is 23.1. The van der Waals surface area contributed by atoms with E-state index in [-0.39, 0.29) is 11.2 Å². The zero-order chi connectivity index (χ0) is 25.4. The van der Waals surface area contributed by atoms with Gasteiger partial charge in [-0.3, -0.25) is 4.98 Å². The molecule has 6 rings (SSSR count). The second-order valence-corrected chi connectivity index (χ2v) is 10.7. The summed E-state index contributed by atoms with van der Waals surface area (Å²) in [6.45, 7) is 4.51. The largest absolute Gasteiger partial charge is 0.507 e. The van der Waals surface area contributed by atoms with Gasteiger partial charge in [-0.1, -0.05) is 86.6 Å². The Bertz CT molecular complexity index is 1720. The lowest BCUT2D eigenvalue weighted by Crippen LogP contribution is -2.18. The Hall–Kier alpha value is -4.28. The molecule has 0 bridgehead atoms. The average Bonchev–Trinajstić information content (AvgIpc) is 3.38. The summed E-state index contributed by atoms with van der Waals surface area (Å²) in [5, 5.41) is 11.2. The van der Waals surface area contributed by atoms with Crippen LogP contribution in [0.25, 0.3) is 43.2 Å². The summed E-state index contributed by atoms with van der Waals surface area (Å²) >= 11 is 1.59. The summed E-state index contributed by atoms with van der Waals surface area (Å²) in [6.07, 6.45) is 1.90. The molecular formula is C33H26N2OS. The maximum absolute atomic E-state index is 10.3. The molecule has 180 valence electrons. The van der Waals surface area contributed by atoms with E-state index in [1.165, 1.54) is 11.1 Å².